The second-order valence-corrected chi connectivity index (χ2v) is 8.60. The largest absolute Gasteiger partial charge is 0.507 e. The van der Waals surface area contributed by atoms with Gasteiger partial charge in [0, 0.05) is 11.1 Å². The molecule has 1 amide bonds. The van der Waals surface area contributed by atoms with E-state index < -0.39 is 6.04 Å². The van der Waals surface area contributed by atoms with E-state index in [0.717, 1.165) is 16.7 Å². The van der Waals surface area contributed by atoms with Crippen molar-refractivity contribution < 1.29 is 23.8 Å². The summed E-state index contributed by atoms with van der Waals surface area (Å²) in [6, 6.07) is 12.5. The number of nitrogens with one attached hydrogen (secondary N) is 1. The van der Waals surface area contributed by atoms with Crippen LogP contribution >= 0.6 is 0 Å². The van der Waals surface area contributed by atoms with Crippen LogP contribution < -0.4 is 9.47 Å². The SMILES string of the molecule is CCOc1ccc([C@@H]2c3c(-c4c(C)cc(C)cc4O)n[nH]c3C(=O)N2Cc2ccco2)cc1OC. The molecule has 0 saturated heterocycles. The molecule has 8 nitrogen and oxygen atoms in total. The van der Waals surface area contributed by atoms with E-state index in [1.807, 2.05) is 51.1 Å². The molecule has 0 radical (unpaired) electrons. The molecule has 0 unspecified atom stereocenters. The van der Waals surface area contributed by atoms with Crippen LogP contribution in [0.1, 0.15) is 51.5 Å². The number of amides is 1. The Morgan fingerprint density at radius 1 is 1.17 bits per heavy atom. The van der Waals surface area contributed by atoms with Crippen LogP contribution in [-0.2, 0) is 6.54 Å². The molecule has 35 heavy (non-hydrogen) atoms. The number of ether oxygens (including phenoxy) is 2. The maximum absolute atomic E-state index is 13.6. The van der Waals surface area contributed by atoms with Gasteiger partial charge in [0.25, 0.3) is 5.91 Å². The Balaban J connectivity index is 1.70. The second-order valence-electron chi connectivity index (χ2n) is 8.60. The van der Waals surface area contributed by atoms with Crippen molar-refractivity contribution in [2.75, 3.05) is 13.7 Å². The van der Waals surface area contributed by atoms with Gasteiger partial charge in [-0.2, -0.15) is 5.10 Å². The van der Waals surface area contributed by atoms with Crippen molar-refractivity contribution in [2.24, 2.45) is 0 Å². The number of aromatic nitrogens is 2. The van der Waals surface area contributed by atoms with Crippen LogP contribution in [0.15, 0.2) is 53.1 Å². The number of phenols is 1. The summed E-state index contributed by atoms with van der Waals surface area (Å²) in [4.78, 5) is 15.3. The van der Waals surface area contributed by atoms with Gasteiger partial charge in [-0.3, -0.25) is 9.89 Å². The van der Waals surface area contributed by atoms with Crippen LogP contribution in [0.2, 0.25) is 0 Å². The molecule has 2 N–H and O–H groups in total. The fraction of sp³-hybridized carbons (Fsp3) is 0.259. The molecular formula is C27H27N3O5. The molecule has 180 valence electrons. The third-order valence-electron chi connectivity index (χ3n) is 6.27. The molecule has 0 spiro atoms. The summed E-state index contributed by atoms with van der Waals surface area (Å²) in [5.74, 6) is 1.78. The lowest BCUT2D eigenvalue weighted by molar-refractivity contribution is 0.0717. The first kappa shape index (κ1) is 22.6. The second kappa shape index (κ2) is 8.87. The predicted octanol–water partition coefficient (Wildman–Crippen LogP) is 5.14. The molecule has 5 rings (SSSR count). The number of aromatic amines is 1. The molecule has 1 aliphatic heterocycles. The minimum absolute atomic E-state index is 0.122. The number of benzene rings is 2. The number of phenolic OH excluding ortho intramolecular Hbond substituents is 1. The number of carbonyl (C=O) groups excluding carboxylic acids is 1. The number of hydrogen-bond donors (Lipinski definition) is 2. The molecular weight excluding hydrogens is 446 g/mol. The Morgan fingerprint density at radius 2 is 2.00 bits per heavy atom. The summed E-state index contributed by atoms with van der Waals surface area (Å²) in [6.07, 6.45) is 1.59. The van der Waals surface area contributed by atoms with Gasteiger partial charge < -0.3 is 23.9 Å². The van der Waals surface area contributed by atoms with E-state index >= 15 is 0 Å². The Labute approximate surface area is 203 Å². The standard InChI is InChI=1S/C27H27N3O5/c1-5-34-20-9-8-17(13-21(20)33-4)26-23-24(22-16(3)11-15(2)12-19(22)31)28-29-25(23)27(32)30(26)14-18-7-6-10-35-18/h6-13,26,31H,5,14H2,1-4H3,(H,28,29)/t26-/m1/s1. The molecule has 3 heterocycles. The summed E-state index contributed by atoms with van der Waals surface area (Å²) >= 11 is 0. The molecule has 0 aliphatic carbocycles. The zero-order chi connectivity index (χ0) is 24.7. The number of carbonyl (C=O) groups is 1. The van der Waals surface area contributed by atoms with Gasteiger partial charge in [-0.05, 0) is 67.8 Å². The van der Waals surface area contributed by atoms with Crippen LogP contribution in [-0.4, -0.2) is 39.8 Å². The normalized spacial score (nSPS) is 14.9. The van der Waals surface area contributed by atoms with Crippen LogP contribution in [0.25, 0.3) is 11.3 Å². The van der Waals surface area contributed by atoms with Gasteiger partial charge in [-0.15, -0.1) is 0 Å². The predicted molar refractivity (Wildman–Crippen MR) is 130 cm³/mol. The highest BCUT2D eigenvalue weighted by molar-refractivity contribution is 6.00. The van der Waals surface area contributed by atoms with Crippen molar-refractivity contribution in [1.29, 1.82) is 0 Å². The van der Waals surface area contributed by atoms with Gasteiger partial charge in [0.05, 0.1) is 32.6 Å². The first-order valence-corrected chi connectivity index (χ1v) is 11.5. The molecule has 4 aromatic rings. The van der Waals surface area contributed by atoms with E-state index in [0.29, 0.717) is 46.4 Å². The number of nitrogens with zero attached hydrogens (tertiary/aromatic N) is 2. The van der Waals surface area contributed by atoms with E-state index in [2.05, 4.69) is 10.2 Å². The maximum Gasteiger partial charge on any atom is 0.273 e. The number of rotatable bonds is 7. The molecule has 8 heteroatoms. The highest BCUT2D eigenvalue weighted by Crippen LogP contribution is 2.47. The minimum atomic E-state index is -0.485. The Bertz CT molecular complexity index is 1370. The summed E-state index contributed by atoms with van der Waals surface area (Å²) in [5, 5.41) is 18.3. The van der Waals surface area contributed by atoms with Crippen molar-refractivity contribution >= 4 is 5.91 Å². The summed E-state index contributed by atoms with van der Waals surface area (Å²) in [5.41, 5.74) is 4.89. The van der Waals surface area contributed by atoms with E-state index in [9.17, 15) is 9.90 Å². The van der Waals surface area contributed by atoms with E-state index in [4.69, 9.17) is 13.9 Å². The zero-order valence-corrected chi connectivity index (χ0v) is 20.1. The van der Waals surface area contributed by atoms with E-state index in [-0.39, 0.29) is 18.2 Å². The number of H-pyrrole nitrogens is 1. The smallest absolute Gasteiger partial charge is 0.273 e. The Kier molecular flexibility index (Phi) is 5.72. The topological polar surface area (TPSA) is 101 Å². The highest BCUT2D eigenvalue weighted by atomic mass is 16.5. The van der Waals surface area contributed by atoms with Crippen LogP contribution in [0.5, 0.6) is 17.2 Å². The minimum Gasteiger partial charge on any atom is -0.507 e. The number of aromatic hydroxyl groups is 1. The molecule has 1 atom stereocenters. The third-order valence-corrected chi connectivity index (χ3v) is 6.27. The first-order valence-electron chi connectivity index (χ1n) is 11.5. The number of methoxy groups -OCH3 is 1. The third kappa shape index (κ3) is 3.80. The van der Waals surface area contributed by atoms with Crippen molar-refractivity contribution in [3.8, 4) is 28.5 Å². The summed E-state index contributed by atoms with van der Waals surface area (Å²) in [6.45, 7) is 6.54. The fourth-order valence-electron chi connectivity index (χ4n) is 4.85. The number of aryl methyl sites for hydroxylation is 2. The summed E-state index contributed by atoms with van der Waals surface area (Å²) < 4.78 is 16.8. The van der Waals surface area contributed by atoms with Crippen molar-refractivity contribution in [1.82, 2.24) is 15.1 Å². The zero-order valence-electron chi connectivity index (χ0n) is 20.1. The van der Waals surface area contributed by atoms with Crippen molar-refractivity contribution in [2.45, 2.75) is 33.4 Å². The van der Waals surface area contributed by atoms with Crippen LogP contribution in [0.3, 0.4) is 0 Å². The molecule has 0 fully saturated rings. The molecule has 1 aliphatic rings. The van der Waals surface area contributed by atoms with Crippen molar-refractivity contribution in [3.63, 3.8) is 0 Å². The molecule has 0 bridgehead atoms. The number of fused-ring (bicyclic) bond motifs is 1. The van der Waals surface area contributed by atoms with E-state index in [1.165, 1.54) is 0 Å². The van der Waals surface area contributed by atoms with E-state index in [1.54, 1.807) is 30.4 Å². The highest BCUT2D eigenvalue weighted by Gasteiger charge is 2.43. The van der Waals surface area contributed by atoms with Gasteiger partial charge >= 0.3 is 0 Å². The van der Waals surface area contributed by atoms with Crippen LogP contribution in [0.4, 0.5) is 0 Å². The van der Waals surface area contributed by atoms with Gasteiger partial charge in [-0.1, -0.05) is 12.1 Å². The summed E-state index contributed by atoms with van der Waals surface area (Å²) in [7, 11) is 1.59. The Hall–Kier alpha value is -4.20. The Morgan fingerprint density at radius 3 is 2.69 bits per heavy atom. The van der Waals surface area contributed by atoms with Crippen LogP contribution in [0, 0.1) is 13.8 Å². The fourth-order valence-corrected chi connectivity index (χ4v) is 4.85. The quantitative estimate of drug-likeness (QED) is 0.385. The monoisotopic (exact) mass is 473 g/mol. The maximum atomic E-state index is 13.6. The van der Waals surface area contributed by atoms with Crippen molar-refractivity contribution in [3.05, 3.63) is 82.4 Å². The average molecular weight is 474 g/mol. The average Bonchev–Trinajstić information content (AvgIpc) is 3.54. The lowest BCUT2D eigenvalue weighted by Gasteiger charge is -2.26. The molecule has 0 saturated carbocycles. The number of hydrogen-bond acceptors (Lipinski definition) is 6. The molecule has 2 aromatic carbocycles. The van der Waals surface area contributed by atoms with Gasteiger partial charge in [0.2, 0.25) is 0 Å². The molecule has 2 aromatic heterocycles. The van der Waals surface area contributed by atoms with Gasteiger partial charge in [0.15, 0.2) is 11.5 Å². The lowest BCUT2D eigenvalue weighted by atomic mass is 9.93. The van der Waals surface area contributed by atoms with Gasteiger partial charge in [-0.25, -0.2) is 0 Å². The first-order chi connectivity index (χ1) is 16.9. The van der Waals surface area contributed by atoms with Gasteiger partial charge in [0.1, 0.15) is 22.9 Å². The number of furan rings is 1. The lowest BCUT2D eigenvalue weighted by Crippen LogP contribution is -2.29.